The first kappa shape index (κ1) is 21.3. The molecule has 4 rings (SSSR count). The molecule has 162 valence electrons. The molecule has 1 heterocycles. The molecule has 0 aliphatic heterocycles. The molecule has 0 fully saturated rings. The number of hydrogen-bond donors (Lipinski definition) is 1. The molecule has 0 saturated carbocycles. The van der Waals surface area contributed by atoms with E-state index in [0.717, 1.165) is 35.9 Å². The Morgan fingerprint density at radius 3 is 2.41 bits per heavy atom. The van der Waals surface area contributed by atoms with Gasteiger partial charge in [0.15, 0.2) is 11.2 Å². The van der Waals surface area contributed by atoms with Gasteiger partial charge in [0, 0.05) is 6.07 Å². The van der Waals surface area contributed by atoms with E-state index in [1.165, 1.54) is 12.1 Å². The standard InChI is InChI=1S/C23H16FNO6S/c24-16-6-9-18(10-7-16)32(28,29)25-23(27)22-13-20(26)19-12-17(8-11-21(19)31-22)30-14-15-4-2-1-3-5-15/h1-13H,14H2,(H,25,27). The summed E-state index contributed by atoms with van der Waals surface area (Å²) >= 11 is 0. The average Bonchev–Trinajstić information content (AvgIpc) is 2.78. The lowest BCUT2D eigenvalue weighted by molar-refractivity contribution is 0.0955. The zero-order valence-electron chi connectivity index (χ0n) is 16.4. The molecule has 0 aliphatic carbocycles. The van der Waals surface area contributed by atoms with E-state index in [0.29, 0.717) is 12.4 Å². The number of halogens is 1. The van der Waals surface area contributed by atoms with E-state index < -0.39 is 32.9 Å². The van der Waals surface area contributed by atoms with Crippen LogP contribution in [0.1, 0.15) is 16.1 Å². The van der Waals surface area contributed by atoms with Gasteiger partial charge in [0.1, 0.15) is 23.8 Å². The van der Waals surface area contributed by atoms with Gasteiger partial charge in [-0.15, -0.1) is 0 Å². The van der Waals surface area contributed by atoms with Crippen molar-refractivity contribution in [2.45, 2.75) is 11.5 Å². The zero-order chi connectivity index (χ0) is 22.7. The number of amides is 1. The van der Waals surface area contributed by atoms with Crippen LogP contribution in [-0.2, 0) is 16.6 Å². The second kappa shape index (κ2) is 8.64. The van der Waals surface area contributed by atoms with Crippen LogP contribution >= 0.6 is 0 Å². The minimum atomic E-state index is -4.28. The fraction of sp³-hybridized carbons (Fsp3) is 0.0435. The third kappa shape index (κ3) is 4.68. The molecule has 0 spiro atoms. The predicted octanol–water partition coefficient (Wildman–Crippen LogP) is 3.63. The van der Waals surface area contributed by atoms with E-state index in [2.05, 4.69) is 0 Å². The summed E-state index contributed by atoms with van der Waals surface area (Å²) < 4.78 is 50.6. The first-order valence-electron chi connectivity index (χ1n) is 9.39. The van der Waals surface area contributed by atoms with E-state index in [1.54, 1.807) is 10.8 Å². The molecule has 1 N–H and O–H groups in total. The van der Waals surface area contributed by atoms with Gasteiger partial charge in [0.05, 0.1) is 10.3 Å². The largest absolute Gasteiger partial charge is 0.489 e. The van der Waals surface area contributed by atoms with E-state index >= 15 is 0 Å². The molecular weight excluding hydrogens is 437 g/mol. The normalized spacial score (nSPS) is 11.3. The van der Waals surface area contributed by atoms with Crippen LogP contribution < -0.4 is 14.9 Å². The topological polar surface area (TPSA) is 103 Å². The maximum Gasteiger partial charge on any atom is 0.300 e. The molecule has 1 amide bonds. The summed E-state index contributed by atoms with van der Waals surface area (Å²) in [5.74, 6) is -1.79. The Morgan fingerprint density at radius 2 is 1.69 bits per heavy atom. The number of ether oxygens (including phenoxy) is 1. The Bertz CT molecular complexity index is 1450. The maximum absolute atomic E-state index is 13.0. The number of fused-ring (bicyclic) bond motifs is 1. The van der Waals surface area contributed by atoms with Crippen LogP contribution in [0.2, 0.25) is 0 Å². The highest BCUT2D eigenvalue weighted by atomic mass is 32.2. The van der Waals surface area contributed by atoms with Gasteiger partial charge in [0.25, 0.3) is 10.0 Å². The number of nitrogens with one attached hydrogen (secondary N) is 1. The smallest absolute Gasteiger partial charge is 0.300 e. The molecular formula is C23H16FNO6S. The van der Waals surface area contributed by atoms with Crippen molar-refractivity contribution in [1.29, 1.82) is 0 Å². The summed E-state index contributed by atoms with van der Waals surface area (Å²) in [5, 5.41) is 0.175. The van der Waals surface area contributed by atoms with Crippen LogP contribution in [0.3, 0.4) is 0 Å². The highest BCUT2D eigenvalue weighted by Gasteiger charge is 2.21. The Kier molecular flexibility index (Phi) is 5.74. The Hall–Kier alpha value is -3.98. The van der Waals surface area contributed by atoms with Gasteiger partial charge in [-0.2, -0.15) is 0 Å². The van der Waals surface area contributed by atoms with Crippen LogP contribution in [-0.4, -0.2) is 14.3 Å². The average molecular weight is 453 g/mol. The minimum absolute atomic E-state index is 0.0916. The van der Waals surface area contributed by atoms with Crippen molar-refractivity contribution in [3.63, 3.8) is 0 Å². The number of rotatable bonds is 6. The minimum Gasteiger partial charge on any atom is -0.489 e. The number of carbonyl (C=O) groups excluding carboxylic acids is 1. The highest BCUT2D eigenvalue weighted by Crippen LogP contribution is 2.21. The third-order valence-corrected chi connectivity index (χ3v) is 5.87. The molecule has 9 heteroatoms. The number of hydrogen-bond acceptors (Lipinski definition) is 6. The summed E-state index contributed by atoms with van der Waals surface area (Å²) in [4.78, 5) is 24.6. The number of benzene rings is 3. The van der Waals surface area contributed by atoms with Crippen molar-refractivity contribution in [3.8, 4) is 5.75 Å². The molecule has 0 saturated heterocycles. The quantitative estimate of drug-likeness (QED) is 0.478. The van der Waals surface area contributed by atoms with Gasteiger partial charge >= 0.3 is 5.91 Å². The Morgan fingerprint density at radius 1 is 0.969 bits per heavy atom. The second-order valence-corrected chi connectivity index (χ2v) is 8.48. The fourth-order valence-electron chi connectivity index (χ4n) is 2.92. The van der Waals surface area contributed by atoms with Gasteiger partial charge in [-0.25, -0.2) is 17.5 Å². The molecule has 0 atom stereocenters. The molecule has 0 unspecified atom stereocenters. The fourth-order valence-corrected chi connectivity index (χ4v) is 3.88. The third-order valence-electron chi connectivity index (χ3n) is 4.52. The van der Waals surface area contributed by atoms with E-state index in [1.807, 2.05) is 30.3 Å². The highest BCUT2D eigenvalue weighted by molar-refractivity contribution is 7.90. The van der Waals surface area contributed by atoms with Crippen LogP contribution in [0.5, 0.6) is 5.75 Å². The molecule has 0 radical (unpaired) electrons. The van der Waals surface area contributed by atoms with Crippen LogP contribution in [0.15, 0.2) is 93.0 Å². The molecule has 0 aliphatic rings. The zero-order valence-corrected chi connectivity index (χ0v) is 17.3. The van der Waals surface area contributed by atoms with Crippen molar-refractivity contribution in [2.75, 3.05) is 0 Å². The van der Waals surface area contributed by atoms with Gasteiger partial charge < -0.3 is 9.15 Å². The SMILES string of the molecule is O=C(NS(=O)(=O)c1ccc(F)cc1)c1cc(=O)c2cc(OCc3ccccc3)ccc2o1. The molecule has 4 aromatic rings. The second-order valence-electron chi connectivity index (χ2n) is 6.80. The van der Waals surface area contributed by atoms with E-state index in [9.17, 15) is 22.4 Å². The van der Waals surface area contributed by atoms with Crippen LogP contribution in [0.4, 0.5) is 4.39 Å². The number of carbonyl (C=O) groups is 1. The summed E-state index contributed by atoms with van der Waals surface area (Å²) in [6.45, 7) is 0.305. The van der Waals surface area contributed by atoms with Gasteiger partial charge in [-0.1, -0.05) is 30.3 Å². The van der Waals surface area contributed by atoms with Crippen molar-refractivity contribution >= 4 is 26.9 Å². The van der Waals surface area contributed by atoms with Crippen molar-refractivity contribution in [2.24, 2.45) is 0 Å². The van der Waals surface area contributed by atoms with Gasteiger partial charge in [0.2, 0.25) is 0 Å². The van der Waals surface area contributed by atoms with Gasteiger partial charge in [-0.3, -0.25) is 9.59 Å². The Labute approximate surface area is 182 Å². The van der Waals surface area contributed by atoms with E-state index in [-0.39, 0.29) is 15.9 Å². The van der Waals surface area contributed by atoms with Gasteiger partial charge in [-0.05, 0) is 48.0 Å². The number of sulfonamides is 1. The van der Waals surface area contributed by atoms with Crippen molar-refractivity contribution in [1.82, 2.24) is 4.72 Å². The van der Waals surface area contributed by atoms with Crippen LogP contribution in [0.25, 0.3) is 11.0 Å². The van der Waals surface area contributed by atoms with Crippen molar-refractivity contribution in [3.05, 3.63) is 106 Å². The molecule has 32 heavy (non-hydrogen) atoms. The van der Waals surface area contributed by atoms with Crippen molar-refractivity contribution < 1.29 is 26.8 Å². The first-order chi connectivity index (χ1) is 15.3. The predicted molar refractivity (Wildman–Crippen MR) is 114 cm³/mol. The summed E-state index contributed by atoms with van der Waals surface area (Å²) in [7, 11) is -4.28. The molecule has 1 aromatic heterocycles. The lowest BCUT2D eigenvalue weighted by Crippen LogP contribution is -2.31. The van der Waals surface area contributed by atoms with Crippen LogP contribution in [0, 0.1) is 5.82 Å². The maximum atomic E-state index is 13.0. The Balaban J connectivity index is 1.55. The molecule has 0 bridgehead atoms. The first-order valence-corrected chi connectivity index (χ1v) is 10.9. The van der Waals surface area contributed by atoms with E-state index in [4.69, 9.17) is 9.15 Å². The molecule has 3 aromatic carbocycles. The summed E-state index contributed by atoms with van der Waals surface area (Å²) in [5.41, 5.74) is 0.503. The molecule has 7 nitrogen and oxygen atoms in total. The summed E-state index contributed by atoms with van der Waals surface area (Å²) in [6, 6.07) is 18.8. The monoisotopic (exact) mass is 453 g/mol. The lowest BCUT2D eigenvalue weighted by Gasteiger charge is -2.09. The summed E-state index contributed by atoms with van der Waals surface area (Å²) in [6.07, 6.45) is 0. The lowest BCUT2D eigenvalue weighted by atomic mass is 10.2.